The average Bonchev–Trinajstić information content (AvgIpc) is 2.18. The lowest BCUT2D eigenvalue weighted by molar-refractivity contribution is -0.0490. The minimum absolute atomic E-state index is 0.138. The molecule has 0 spiro atoms. The third-order valence-corrected chi connectivity index (χ3v) is 2.91. The molecule has 2 nitrogen and oxygen atoms in total. The van der Waals surface area contributed by atoms with Crippen LogP contribution < -0.4 is 0 Å². The van der Waals surface area contributed by atoms with E-state index in [4.69, 9.17) is 4.74 Å². The van der Waals surface area contributed by atoms with Crippen molar-refractivity contribution in [2.45, 2.75) is 25.4 Å². The Morgan fingerprint density at radius 3 is 2.86 bits per heavy atom. The molecule has 1 N–H and O–H groups in total. The highest BCUT2D eigenvalue weighted by atomic mass is 16.5. The number of benzene rings is 1. The molecule has 0 amide bonds. The van der Waals surface area contributed by atoms with Crippen LogP contribution in [0.5, 0.6) is 0 Å². The van der Waals surface area contributed by atoms with Gasteiger partial charge in [0.1, 0.15) is 0 Å². The van der Waals surface area contributed by atoms with Crippen LogP contribution >= 0.6 is 0 Å². The molecule has 1 aliphatic rings. The van der Waals surface area contributed by atoms with E-state index in [9.17, 15) is 5.11 Å². The van der Waals surface area contributed by atoms with Crippen LogP contribution in [0.3, 0.4) is 0 Å². The van der Waals surface area contributed by atoms with E-state index in [0.717, 1.165) is 0 Å². The predicted molar refractivity (Wildman–Crippen MR) is 55.2 cm³/mol. The SMILES string of the molecule is CC1(C)OCC(CO)c2ccccc21. The summed E-state index contributed by atoms with van der Waals surface area (Å²) >= 11 is 0. The molecule has 2 heteroatoms. The first-order valence-electron chi connectivity index (χ1n) is 4.99. The van der Waals surface area contributed by atoms with E-state index in [1.807, 2.05) is 12.1 Å². The Morgan fingerprint density at radius 2 is 2.14 bits per heavy atom. The summed E-state index contributed by atoms with van der Waals surface area (Å²) in [5, 5.41) is 9.23. The van der Waals surface area contributed by atoms with Gasteiger partial charge in [-0.25, -0.2) is 0 Å². The summed E-state index contributed by atoms with van der Waals surface area (Å²) in [4.78, 5) is 0. The molecule has 0 saturated heterocycles. The first-order chi connectivity index (χ1) is 6.65. The van der Waals surface area contributed by atoms with E-state index in [1.165, 1.54) is 11.1 Å². The van der Waals surface area contributed by atoms with E-state index in [1.54, 1.807) is 0 Å². The molecule has 0 aliphatic carbocycles. The quantitative estimate of drug-likeness (QED) is 0.737. The third-order valence-electron chi connectivity index (χ3n) is 2.91. The second kappa shape index (κ2) is 3.37. The third kappa shape index (κ3) is 1.45. The van der Waals surface area contributed by atoms with Gasteiger partial charge in [0.2, 0.25) is 0 Å². The second-order valence-corrected chi connectivity index (χ2v) is 4.29. The number of aliphatic hydroxyl groups excluding tert-OH is 1. The molecule has 2 rings (SSSR count). The van der Waals surface area contributed by atoms with E-state index < -0.39 is 0 Å². The highest BCUT2D eigenvalue weighted by Gasteiger charge is 2.32. The van der Waals surface area contributed by atoms with Crippen molar-refractivity contribution in [1.82, 2.24) is 0 Å². The average molecular weight is 192 g/mol. The van der Waals surface area contributed by atoms with Crippen molar-refractivity contribution in [2.24, 2.45) is 0 Å². The molecule has 0 fully saturated rings. The first kappa shape index (κ1) is 9.69. The summed E-state index contributed by atoms with van der Waals surface area (Å²) in [7, 11) is 0. The lowest BCUT2D eigenvalue weighted by Gasteiger charge is -2.36. The summed E-state index contributed by atoms with van der Waals surface area (Å²) in [6.07, 6.45) is 0. The molecule has 1 atom stereocenters. The standard InChI is InChI=1S/C12H16O2/c1-12(2)11-6-4-3-5-10(11)9(7-13)8-14-12/h3-6,9,13H,7-8H2,1-2H3. The predicted octanol–water partition coefficient (Wildman–Crippen LogP) is 2.03. The maximum Gasteiger partial charge on any atom is 0.0878 e. The summed E-state index contributed by atoms with van der Waals surface area (Å²) in [5.74, 6) is 0.138. The molecule has 0 radical (unpaired) electrons. The van der Waals surface area contributed by atoms with E-state index in [2.05, 4.69) is 26.0 Å². The van der Waals surface area contributed by atoms with Gasteiger partial charge in [0.25, 0.3) is 0 Å². The van der Waals surface area contributed by atoms with Crippen molar-refractivity contribution in [3.63, 3.8) is 0 Å². The zero-order chi connectivity index (χ0) is 10.2. The Bertz CT molecular complexity index is 331. The fourth-order valence-electron chi connectivity index (χ4n) is 2.03. The van der Waals surface area contributed by atoms with Gasteiger partial charge in [-0.2, -0.15) is 0 Å². The summed E-state index contributed by atoms with van der Waals surface area (Å²) in [5.41, 5.74) is 2.21. The molecule has 1 aliphatic heterocycles. The molecule has 0 saturated carbocycles. The van der Waals surface area contributed by atoms with Crippen LogP contribution in [0.1, 0.15) is 30.9 Å². The maximum atomic E-state index is 9.23. The van der Waals surface area contributed by atoms with Gasteiger partial charge in [-0.3, -0.25) is 0 Å². The number of fused-ring (bicyclic) bond motifs is 1. The van der Waals surface area contributed by atoms with Gasteiger partial charge in [0, 0.05) is 5.92 Å². The van der Waals surface area contributed by atoms with Crippen LogP contribution in [0, 0.1) is 0 Å². The van der Waals surface area contributed by atoms with Gasteiger partial charge in [0.15, 0.2) is 0 Å². The van der Waals surface area contributed by atoms with Gasteiger partial charge in [0.05, 0.1) is 18.8 Å². The van der Waals surface area contributed by atoms with Crippen molar-refractivity contribution >= 4 is 0 Å². The zero-order valence-electron chi connectivity index (χ0n) is 8.66. The van der Waals surface area contributed by atoms with Gasteiger partial charge in [-0.05, 0) is 25.0 Å². The van der Waals surface area contributed by atoms with E-state index >= 15 is 0 Å². The second-order valence-electron chi connectivity index (χ2n) is 4.29. The smallest absolute Gasteiger partial charge is 0.0878 e. The monoisotopic (exact) mass is 192 g/mol. The number of hydrogen-bond acceptors (Lipinski definition) is 2. The summed E-state index contributed by atoms with van der Waals surface area (Å²) < 4.78 is 5.74. The highest BCUT2D eigenvalue weighted by Crippen LogP contribution is 2.37. The van der Waals surface area contributed by atoms with Crippen LogP contribution in [-0.2, 0) is 10.3 Å². The van der Waals surface area contributed by atoms with Crippen LogP contribution in [-0.4, -0.2) is 18.3 Å². The number of ether oxygens (including phenoxy) is 1. The number of rotatable bonds is 1. The lowest BCUT2D eigenvalue weighted by atomic mass is 9.84. The number of aliphatic hydroxyl groups is 1. The Hall–Kier alpha value is -0.860. The normalized spacial score (nSPS) is 24.4. The van der Waals surface area contributed by atoms with Crippen LogP contribution in [0.25, 0.3) is 0 Å². The lowest BCUT2D eigenvalue weighted by Crippen LogP contribution is -2.33. The van der Waals surface area contributed by atoms with Crippen molar-refractivity contribution in [1.29, 1.82) is 0 Å². The Kier molecular flexibility index (Phi) is 2.33. The van der Waals surface area contributed by atoms with Gasteiger partial charge < -0.3 is 9.84 Å². The van der Waals surface area contributed by atoms with Gasteiger partial charge in [-0.1, -0.05) is 24.3 Å². The van der Waals surface area contributed by atoms with E-state index in [-0.39, 0.29) is 18.1 Å². The van der Waals surface area contributed by atoms with Gasteiger partial charge >= 0.3 is 0 Å². The fraction of sp³-hybridized carbons (Fsp3) is 0.500. The Morgan fingerprint density at radius 1 is 1.43 bits per heavy atom. The largest absolute Gasteiger partial charge is 0.396 e. The topological polar surface area (TPSA) is 29.5 Å². The first-order valence-corrected chi connectivity index (χ1v) is 4.99. The Balaban J connectivity index is 2.49. The zero-order valence-corrected chi connectivity index (χ0v) is 8.66. The minimum Gasteiger partial charge on any atom is -0.396 e. The van der Waals surface area contributed by atoms with Crippen molar-refractivity contribution in [2.75, 3.05) is 13.2 Å². The van der Waals surface area contributed by atoms with Crippen molar-refractivity contribution < 1.29 is 9.84 Å². The molecule has 1 unspecified atom stereocenters. The van der Waals surface area contributed by atoms with Crippen LogP contribution in [0.2, 0.25) is 0 Å². The van der Waals surface area contributed by atoms with E-state index in [0.29, 0.717) is 6.61 Å². The molecule has 0 aromatic heterocycles. The van der Waals surface area contributed by atoms with Crippen molar-refractivity contribution in [3.05, 3.63) is 35.4 Å². The highest BCUT2D eigenvalue weighted by molar-refractivity contribution is 5.36. The molecule has 14 heavy (non-hydrogen) atoms. The minimum atomic E-state index is -0.220. The van der Waals surface area contributed by atoms with Crippen LogP contribution in [0.4, 0.5) is 0 Å². The molecular formula is C12H16O2. The molecule has 76 valence electrons. The van der Waals surface area contributed by atoms with Crippen LogP contribution in [0.15, 0.2) is 24.3 Å². The van der Waals surface area contributed by atoms with Gasteiger partial charge in [-0.15, -0.1) is 0 Å². The molecule has 1 heterocycles. The summed E-state index contributed by atoms with van der Waals surface area (Å²) in [6.45, 7) is 4.91. The fourth-order valence-corrected chi connectivity index (χ4v) is 2.03. The molecule has 0 bridgehead atoms. The summed E-state index contributed by atoms with van der Waals surface area (Å²) in [6, 6.07) is 8.20. The van der Waals surface area contributed by atoms with Crippen molar-refractivity contribution in [3.8, 4) is 0 Å². The molecular weight excluding hydrogens is 176 g/mol. The molecule has 1 aromatic carbocycles. The Labute approximate surface area is 84.5 Å². The number of hydrogen-bond donors (Lipinski definition) is 1. The maximum absolute atomic E-state index is 9.23. The molecule has 1 aromatic rings.